The molecule has 23 heavy (non-hydrogen) atoms. The number of carbonyl (C=O) groups is 1. The van der Waals surface area contributed by atoms with Gasteiger partial charge in [0.2, 0.25) is 5.91 Å². The third-order valence-corrected chi connectivity index (χ3v) is 4.44. The summed E-state index contributed by atoms with van der Waals surface area (Å²) in [5.41, 5.74) is 1.02. The van der Waals surface area contributed by atoms with Crippen LogP contribution in [0, 0.1) is 0 Å². The van der Waals surface area contributed by atoms with Crippen LogP contribution in [0.25, 0.3) is 0 Å². The molecule has 2 N–H and O–H groups in total. The third-order valence-electron chi connectivity index (χ3n) is 4.44. The van der Waals surface area contributed by atoms with Crippen LogP contribution in [0.1, 0.15) is 31.2 Å². The minimum absolute atomic E-state index is 0.0127. The zero-order chi connectivity index (χ0) is 15.9. The zero-order valence-corrected chi connectivity index (χ0v) is 13.6. The Morgan fingerprint density at radius 2 is 2.13 bits per heavy atom. The van der Waals surface area contributed by atoms with Gasteiger partial charge in [0.05, 0.1) is 13.2 Å². The Kier molecular flexibility index (Phi) is 5.82. The average molecular weight is 318 g/mol. The second kappa shape index (κ2) is 8.26. The molecule has 2 aliphatic heterocycles. The molecule has 3 heterocycles. The van der Waals surface area contributed by atoms with Crippen LogP contribution in [-0.2, 0) is 16.1 Å². The number of morpholine rings is 1. The van der Waals surface area contributed by atoms with Gasteiger partial charge in [0.15, 0.2) is 0 Å². The van der Waals surface area contributed by atoms with Crippen molar-refractivity contribution < 1.29 is 9.53 Å². The molecule has 6 nitrogen and oxygen atoms in total. The van der Waals surface area contributed by atoms with Gasteiger partial charge < -0.3 is 20.3 Å². The fourth-order valence-corrected chi connectivity index (χ4v) is 3.05. The highest BCUT2D eigenvalue weighted by Gasteiger charge is 2.20. The molecule has 1 aromatic heterocycles. The molecule has 2 fully saturated rings. The molecule has 1 unspecified atom stereocenters. The number of rotatable bonds is 4. The number of amides is 1. The van der Waals surface area contributed by atoms with Crippen molar-refractivity contribution in [2.45, 2.75) is 38.3 Å². The first-order valence-electron chi connectivity index (χ1n) is 8.61. The summed E-state index contributed by atoms with van der Waals surface area (Å²) >= 11 is 0. The summed E-state index contributed by atoms with van der Waals surface area (Å²) in [7, 11) is 0. The van der Waals surface area contributed by atoms with Gasteiger partial charge in [-0.2, -0.15) is 0 Å². The minimum Gasteiger partial charge on any atom is -0.378 e. The van der Waals surface area contributed by atoms with Gasteiger partial charge in [-0.25, -0.2) is 4.98 Å². The van der Waals surface area contributed by atoms with E-state index in [4.69, 9.17) is 4.74 Å². The largest absolute Gasteiger partial charge is 0.378 e. The maximum atomic E-state index is 12.0. The predicted molar refractivity (Wildman–Crippen MR) is 89.4 cm³/mol. The van der Waals surface area contributed by atoms with Crippen molar-refractivity contribution in [3.8, 4) is 0 Å². The lowest BCUT2D eigenvalue weighted by atomic mass is 10.2. The van der Waals surface area contributed by atoms with E-state index >= 15 is 0 Å². The van der Waals surface area contributed by atoms with Crippen LogP contribution in [0.2, 0.25) is 0 Å². The molecule has 0 saturated carbocycles. The molecule has 0 radical (unpaired) electrons. The first-order chi connectivity index (χ1) is 11.3. The van der Waals surface area contributed by atoms with E-state index in [1.54, 1.807) is 0 Å². The van der Waals surface area contributed by atoms with Gasteiger partial charge in [0, 0.05) is 32.4 Å². The summed E-state index contributed by atoms with van der Waals surface area (Å²) in [6.45, 7) is 4.53. The molecule has 0 aliphatic carbocycles. The van der Waals surface area contributed by atoms with Gasteiger partial charge in [-0.3, -0.25) is 4.79 Å². The Morgan fingerprint density at radius 3 is 2.78 bits per heavy atom. The van der Waals surface area contributed by atoms with Crippen molar-refractivity contribution in [3.63, 3.8) is 0 Å². The number of anilines is 1. The van der Waals surface area contributed by atoms with E-state index in [0.717, 1.165) is 31.0 Å². The smallest absolute Gasteiger partial charge is 0.239 e. The fraction of sp³-hybridized carbons (Fsp3) is 0.647. The summed E-state index contributed by atoms with van der Waals surface area (Å²) in [6, 6.07) is 3.88. The van der Waals surface area contributed by atoms with E-state index in [0.29, 0.717) is 19.8 Å². The lowest BCUT2D eigenvalue weighted by Gasteiger charge is -2.23. The predicted octanol–water partition coefficient (Wildman–Crippen LogP) is 1.07. The number of aromatic nitrogens is 1. The van der Waals surface area contributed by atoms with Gasteiger partial charge in [0.25, 0.3) is 0 Å². The van der Waals surface area contributed by atoms with E-state index < -0.39 is 0 Å². The fourth-order valence-electron chi connectivity index (χ4n) is 3.05. The lowest BCUT2D eigenvalue weighted by Crippen LogP contribution is -2.51. The van der Waals surface area contributed by atoms with Gasteiger partial charge >= 0.3 is 0 Å². The van der Waals surface area contributed by atoms with E-state index in [1.807, 2.05) is 6.20 Å². The van der Waals surface area contributed by atoms with E-state index in [-0.39, 0.29) is 11.9 Å². The van der Waals surface area contributed by atoms with Crippen LogP contribution in [0.4, 0.5) is 5.82 Å². The zero-order valence-electron chi connectivity index (χ0n) is 13.6. The van der Waals surface area contributed by atoms with E-state index in [9.17, 15) is 4.79 Å². The van der Waals surface area contributed by atoms with Crippen molar-refractivity contribution in [2.24, 2.45) is 0 Å². The molecule has 0 aromatic carbocycles. The molecule has 1 atom stereocenters. The van der Waals surface area contributed by atoms with E-state index in [1.165, 1.54) is 25.7 Å². The third kappa shape index (κ3) is 4.65. The minimum atomic E-state index is -0.243. The molecule has 2 aliphatic rings. The van der Waals surface area contributed by atoms with Crippen molar-refractivity contribution in [1.29, 1.82) is 0 Å². The first kappa shape index (κ1) is 16.2. The molecule has 2 saturated heterocycles. The highest BCUT2D eigenvalue weighted by Crippen LogP contribution is 2.17. The SMILES string of the molecule is O=C(NCc1ccc(N2CCCCCC2)nc1)C1COCCN1. The maximum absolute atomic E-state index is 12.0. The summed E-state index contributed by atoms with van der Waals surface area (Å²) in [5, 5.41) is 6.10. The second-order valence-electron chi connectivity index (χ2n) is 6.23. The molecular weight excluding hydrogens is 292 g/mol. The summed E-state index contributed by atoms with van der Waals surface area (Å²) in [5.74, 6) is 1.03. The number of nitrogens with one attached hydrogen (secondary N) is 2. The Balaban J connectivity index is 1.49. The first-order valence-corrected chi connectivity index (χ1v) is 8.61. The number of nitrogens with zero attached hydrogens (tertiary/aromatic N) is 2. The molecule has 3 rings (SSSR count). The Hall–Kier alpha value is -1.66. The Bertz CT molecular complexity index is 492. The molecule has 126 valence electrons. The second-order valence-corrected chi connectivity index (χ2v) is 6.23. The molecule has 6 heteroatoms. The topological polar surface area (TPSA) is 66.5 Å². The van der Waals surface area contributed by atoms with Crippen LogP contribution in [0.15, 0.2) is 18.3 Å². The highest BCUT2D eigenvalue weighted by molar-refractivity contribution is 5.81. The molecule has 1 aromatic rings. The quantitative estimate of drug-likeness (QED) is 0.869. The van der Waals surface area contributed by atoms with E-state index in [2.05, 4.69) is 32.7 Å². The van der Waals surface area contributed by atoms with Gasteiger partial charge in [-0.15, -0.1) is 0 Å². The van der Waals surface area contributed by atoms with Gasteiger partial charge in [-0.1, -0.05) is 18.9 Å². The number of carbonyl (C=O) groups excluding carboxylic acids is 1. The highest BCUT2D eigenvalue weighted by atomic mass is 16.5. The lowest BCUT2D eigenvalue weighted by molar-refractivity contribution is -0.126. The molecule has 1 amide bonds. The van der Waals surface area contributed by atoms with Crippen LogP contribution >= 0.6 is 0 Å². The maximum Gasteiger partial charge on any atom is 0.239 e. The number of hydrogen-bond donors (Lipinski definition) is 2. The standard InChI is InChI=1S/C17H26N4O2/c22-17(15-13-23-10-7-18-15)20-12-14-5-6-16(19-11-14)21-8-3-1-2-4-9-21/h5-6,11,15,18H,1-4,7-10,12-13H2,(H,20,22). The molecule has 0 bridgehead atoms. The van der Waals surface area contributed by atoms with Crippen LogP contribution in [-0.4, -0.2) is 49.8 Å². The van der Waals surface area contributed by atoms with Crippen molar-refractivity contribution >= 4 is 11.7 Å². The number of hydrogen-bond acceptors (Lipinski definition) is 5. The van der Waals surface area contributed by atoms with Crippen molar-refractivity contribution in [1.82, 2.24) is 15.6 Å². The summed E-state index contributed by atoms with van der Waals surface area (Å²) in [6.07, 6.45) is 7.00. The van der Waals surface area contributed by atoms with Crippen LogP contribution in [0.5, 0.6) is 0 Å². The monoisotopic (exact) mass is 318 g/mol. The Labute approximate surface area is 137 Å². The van der Waals surface area contributed by atoms with Crippen LogP contribution in [0.3, 0.4) is 0 Å². The molecular formula is C17H26N4O2. The van der Waals surface area contributed by atoms with Gasteiger partial charge in [-0.05, 0) is 24.5 Å². The van der Waals surface area contributed by atoms with Crippen LogP contribution < -0.4 is 15.5 Å². The summed E-state index contributed by atoms with van der Waals surface area (Å²) < 4.78 is 5.31. The Morgan fingerprint density at radius 1 is 1.30 bits per heavy atom. The average Bonchev–Trinajstić information content (AvgIpc) is 2.90. The van der Waals surface area contributed by atoms with Gasteiger partial charge in [0.1, 0.15) is 11.9 Å². The normalized spacial score (nSPS) is 22.4. The molecule has 0 spiro atoms. The number of pyridine rings is 1. The number of ether oxygens (including phenoxy) is 1. The van der Waals surface area contributed by atoms with Crippen molar-refractivity contribution in [2.75, 3.05) is 37.7 Å². The van der Waals surface area contributed by atoms with Crippen molar-refractivity contribution in [3.05, 3.63) is 23.9 Å². The summed E-state index contributed by atoms with van der Waals surface area (Å²) in [4.78, 5) is 19.0.